The summed E-state index contributed by atoms with van der Waals surface area (Å²) in [7, 11) is 0. The van der Waals surface area contributed by atoms with Crippen LogP contribution in [0.15, 0.2) is 29.8 Å². The summed E-state index contributed by atoms with van der Waals surface area (Å²) < 4.78 is 1.74. The molecule has 0 saturated carbocycles. The average molecular weight is 346 g/mol. The third kappa shape index (κ3) is 3.51. The predicted molar refractivity (Wildman–Crippen MR) is 92.6 cm³/mol. The van der Waals surface area contributed by atoms with Gasteiger partial charge in [-0.25, -0.2) is 0 Å². The SMILES string of the molecule is CC(C)C(=O)N1Cc2ccnn2[C@@H](C(=O)NCCc2cccs2)C1. The molecule has 0 aromatic carbocycles. The Morgan fingerprint density at radius 1 is 1.42 bits per heavy atom. The number of nitrogens with one attached hydrogen (secondary N) is 1. The Morgan fingerprint density at radius 3 is 2.96 bits per heavy atom. The van der Waals surface area contributed by atoms with Crippen molar-refractivity contribution in [3.05, 3.63) is 40.3 Å². The number of hydrogen-bond donors (Lipinski definition) is 1. The molecule has 0 spiro atoms. The first-order valence-electron chi connectivity index (χ1n) is 8.17. The fraction of sp³-hybridized carbons (Fsp3) is 0.471. The minimum absolute atomic E-state index is 0.0684. The van der Waals surface area contributed by atoms with Gasteiger partial charge in [0.15, 0.2) is 0 Å². The standard InChI is InChI=1S/C17H22N4O2S/c1-12(2)17(23)20-10-13-5-8-19-21(13)15(11-20)16(22)18-7-6-14-4-3-9-24-14/h3-5,8-9,12,15H,6-7,10-11H2,1-2H3,(H,18,22)/t15-/m1/s1. The van der Waals surface area contributed by atoms with E-state index in [-0.39, 0.29) is 17.7 Å². The number of rotatable bonds is 5. The summed E-state index contributed by atoms with van der Waals surface area (Å²) in [6.07, 6.45) is 2.50. The van der Waals surface area contributed by atoms with Gasteiger partial charge < -0.3 is 10.2 Å². The van der Waals surface area contributed by atoms with Crippen LogP contribution in [-0.4, -0.2) is 39.6 Å². The van der Waals surface area contributed by atoms with Gasteiger partial charge in [-0.3, -0.25) is 14.3 Å². The lowest BCUT2D eigenvalue weighted by Crippen LogP contribution is -2.48. The molecule has 128 valence electrons. The molecule has 0 bridgehead atoms. The van der Waals surface area contributed by atoms with E-state index in [1.54, 1.807) is 27.1 Å². The first-order chi connectivity index (χ1) is 11.6. The van der Waals surface area contributed by atoms with E-state index in [0.29, 0.717) is 19.6 Å². The number of thiophene rings is 1. The molecule has 0 fully saturated rings. The average Bonchev–Trinajstić information content (AvgIpc) is 3.24. The highest BCUT2D eigenvalue weighted by atomic mass is 32.1. The minimum atomic E-state index is -0.463. The van der Waals surface area contributed by atoms with Crippen LogP contribution in [0.3, 0.4) is 0 Å². The Balaban J connectivity index is 1.66. The van der Waals surface area contributed by atoms with Crippen LogP contribution >= 0.6 is 11.3 Å². The van der Waals surface area contributed by atoms with Gasteiger partial charge in [0.1, 0.15) is 6.04 Å². The van der Waals surface area contributed by atoms with Crippen LogP contribution in [0.4, 0.5) is 0 Å². The molecule has 2 aromatic heterocycles. The third-order valence-corrected chi connectivity index (χ3v) is 5.09. The number of fused-ring (bicyclic) bond motifs is 1. The summed E-state index contributed by atoms with van der Waals surface area (Å²) in [6, 6.07) is 5.47. The second-order valence-corrected chi connectivity index (χ2v) is 7.31. The van der Waals surface area contributed by atoms with E-state index in [2.05, 4.69) is 16.5 Å². The number of aromatic nitrogens is 2. The zero-order chi connectivity index (χ0) is 17.1. The van der Waals surface area contributed by atoms with Crippen LogP contribution in [0.1, 0.15) is 30.5 Å². The maximum Gasteiger partial charge on any atom is 0.246 e. The molecule has 3 rings (SSSR count). The summed E-state index contributed by atoms with van der Waals surface area (Å²) in [4.78, 5) is 28.0. The Kier molecular flexibility index (Phi) is 4.99. The minimum Gasteiger partial charge on any atom is -0.354 e. The maximum atomic E-state index is 12.6. The van der Waals surface area contributed by atoms with Crippen molar-refractivity contribution in [1.82, 2.24) is 20.0 Å². The lowest BCUT2D eigenvalue weighted by atomic mass is 10.1. The topological polar surface area (TPSA) is 67.2 Å². The molecule has 1 aliphatic rings. The van der Waals surface area contributed by atoms with Gasteiger partial charge in [0.2, 0.25) is 11.8 Å². The van der Waals surface area contributed by atoms with E-state index in [9.17, 15) is 9.59 Å². The van der Waals surface area contributed by atoms with E-state index < -0.39 is 6.04 Å². The van der Waals surface area contributed by atoms with Crippen molar-refractivity contribution in [3.63, 3.8) is 0 Å². The zero-order valence-corrected chi connectivity index (χ0v) is 14.8. The molecular formula is C17H22N4O2S. The van der Waals surface area contributed by atoms with Crippen molar-refractivity contribution in [2.45, 2.75) is 32.9 Å². The maximum absolute atomic E-state index is 12.6. The highest BCUT2D eigenvalue weighted by Crippen LogP contribution is 2.22. The normalized spacial score (nSPS) is 17.0. The summed E-state index contributed by atoms with van der Waals surface area (Å²) in [6.45, 7) is 5.23. The van der Waals surface area contributed by atoms with Crippen LogP contribution in [0.5, 0.6) is 0 Å². The summed E-state index contributed by atoms with van der Waals surface area (Å²) in [5.74, 6) is -0.0985. The van der Waals surface area contributed by atoms with Crippen LogP contribution < -0.4 is 5.32 Å². The van der Waals surface area contributed by atoms with E-state index in [1.807, 2.05) is 31.4 Å². The van der Waals surface area contributed by atoms with Crippen molar-refractivity contribution < 1.29 is 9.59 Å². The predicted octanol–water partition coefficient (Wildman–Crippen LogP) is 1.84. The lowest BCUT2D eigenvalue weighted by Gasteiger charge is -2.34. The van der Waals surface area contributed by atoms with Gasteiger partial charge in [-0.15, -0.1) is 11.3 Å². The van der Waals surface area contributed by atoms with Crippen LogP contribution in [0, 0.1) is 5.92 Å². The smallest absolute Gasteiger partial charge is 0.246 e. The molecule has 1 N–H and O–H groups in total. The molecule has 1 atom stereocenters. The fourth-order valence-electron chi connectivity index (χ4n) is 2.90. The van der Waals surface area contributed by atoms with Gasteiger partial charge in [0.25, 0.3) is 0 Å². The molecule has 7 heteroatoms. The highest BCUT2D eigenvalue weighted by Gasteiger charge is 2.33. The molecule has 0 saturated heterocycles. The van der Waals surface area contributed by atoms with Crippen molar-refractivity contribution in [3.8, 4) is 0 Å². The largest absolute Gasteiger partial charge is 0.354 e. The fourth-order valence-corrected chi connectivity index (χ4v) is 3.61. The Morgan fingerprint density at radius 2 is 2.25 bits per heavy atom. The third-order valence-electron chi connectivity index (χ3n) is 4.15. The van der Waals surface area contributed by atoms with Crippen molar-refractivity contribution in [2.24, 2.45) is 5.92 Å². The Hall–Kier alpha value is -2.15. The second kappa shape index (κ2) is 7.17. The quantitative estimate of drug-likeness (QED) is 0.898. The molecule has 0 unspecified atom stereocenters. The van der Waals surface area contributed by atoms with Gasteiger partial charge in [-0.2, -0.15) is 5.10 Å². The van der Waals surface area contributed by atoms with Crippen LogP contribution in [0.2, 0.25) is 0 Å². The number of carbonyl (C=O) groups is 2. The van der Waals surface area contributed by atoms with E-state index in [0.717, 1.165) is 12.1 Å². The van der Waals surface area contributed by atoms with Gasteiger partial charge >= 0.3 is 0 Å². The Labute approximate surface area is 145 Å². The van der Waals surface area contributed by atoms with Gasteiger partial charge in [0, 0.05) is 23.5 Å². The molecule has 3 heterocycles. The lowest BCUT2D eigenvalue weighted by molar-refractivity contribution is -0.138. The number of amides is 2. The van der Waals surface area contributed by atoms with Crippen LogP contribution in [-0.2, 0) is 22.6 Å². The summed E-state index contributed by atoms with van der Waals surface area (Å²) in [5, 5.41) is 9.29. The number of nitrogens with zero attached hydrogens (tertiary/aromatic N) is 3. The molecule has 2 amide bonds. The second-order valence-electron chi connectivity index (χ2n) is 6.28. The van der Waals surface area contributed by atoms with E-state index in [4.69, 9.17) is 0 Å². The van der Waals surface area contributed by atoms with Gasteiger partial charge in [-0.05, 0) is 23.9 Å². The zero-order valence-electron chi connectivity index (χ0n) is 13.9. The van der Waals surface area contributed by atoms with Gasteiger partial charge in [-0.1, -0.05) is 19.9 Å². The molecular weight excluding hydrogens is 324 g/mol. The van der Waals surface area contributed by atoms with Crippen molar-refractivity contribution in [1.29, 1.82) is 0 Å². The molecule has 1 aliphatic heterocycles. The molecule has 2 aromatic rings. The van der Waals surface area contributed by atoms with Crippen LogP contribution in [0.25, 0.3) is 0 Å². The Bertz CT molecular complexity index is 708. The number of carbonyl (C=O) groups excluding carboxylic acids is 2. The molecule has 24 heavy (non-hydrogen) atoms. The first-order valence-corrected chi connectivity index (χ1v) is 9.05. The van der Waals surface area contributed by atoms with Gasteiger partial charge in [0.05, 0.1) is 18.8 Å². The summed E-state index contributed by atoms with van der Waals surface area (Å²) >= 11 is 1.69. The van der Waals surface area contributed by atoms with E-state index >= 15 is 0 Å². The molecule has 0 radical (unpaired) electrons. The monoisotopic (exact) mass is 346 g/mol. The van der Waals surface area contributed by atoms with Crippen molar-refractivity contribution >= 4 is 23.2 Å². The van der Waals surface area contributed by atoms with E-state index in [1.165, 1.54) is 4.88 Å². The summed E-state index contributed by atoms with van der Waals surface area (Å²) in [5.41, 5.74) is 0.897. The van der Waals surface area contributed by atoms with Crippen molar-refractivity contribution in [2.75, 3.05) is 13.1 Å². The first kappa shape index (κ1) is 16.7. The molecule has 0 aliphatic carbocycles. The molecule has 6 nitrogen and oxygen atoms in total. The highest BCUT2D eigenvalue weighted by molar-refractivity contribution is 7.09. The number of hydrogen-bond acceptors (Lipinski definition) is 4.